The van der Waals surface area contributed by atoms with E-state index in [-0.39, 0.29) is 36.6 Å². The average Bonchev–Trinajstić information content (AvgIpc) is 3.18. The van der Waals surface area contributed by atoms with Crippen LogP contribution in [0.3, 0.4) is 0 Å². The molecular weight excluding hydrogens is 488 g/mol. The fraction of sp³-hybridized carbons (Fsp3) is 0.667. The van der Waals surface area contributed by atoms with Gasteiger partial charge in [0.15, 0.2) is 12.8 Å². The van der Waals surface area contributed by atoms with Crippen LogP contribution in [0.2, 0.25) is 0 Å². The number of guanidine groups is 1. The highest BCUT2D eigenvalue weighted by molar-refractivity contribution is 14.0. The Balaban J connectivity index is 0.00000300. The number of nitrogens with one attached hydrogen (secondary N) is 2. The van der Waals surface area contributed by atoms with Gasteiger partial charge in [0, 0.05) is 39.4 Å². The smallest absolute Gasteiger partial charge is 0.191 e. The molecule has 1 aromatic rings. The second-order valence-electron chi connectivity index (χ2n) is 7.72. The number of hydrogen-bond donors (Lipinski definition) is 2. The lowest BCUT2D eigenvalue weighted by Crippen LogP contribution is -2.44. The third kappa shape index (κ3) is 6.68. The molecule has 1 aliphatic carbocycles. The number of hydrogen-bond acceptors (Lipinski definition) is 4. The van der Waals surface area contributed by atoms with E-state index >= 15 is 0 Å². The molecule has 1 aliphatic heterocycles. The molecule has 0 radical (unpaired) electrons. The number of nitrogens with zero attached hydrogens (tertiary/aromatic N) is 1. The van der Waals surface area contributed by atoms with E-state index in [2.05, 4.69) is 15.6 Å². The third-order valence-corrected chi connectivity index (χ3v) is 5.79. The first-order valence-electron chi connectivity index (χ1n) is 10.1. The summed E-state index contributed by atoms with van der Waals surface area (Å²) in [5.41, 5.74) is 1.92. The van der Waals surface area contributed by atoms with Gasteiger partial charge in [0.2, 0.25) is 0 Å². The molecule has 0 unspecified atom stereocenters. The van der Waals surface area contributed by atoms with Crippen LogP contribution in [0.5, 0.6) is 5.75 Å². The maximum absolute atomic E-state index is 13.9. The van der Waals surface area contributed by atoms with Crippen molar-refractivity contribution in [3.63, 3.8) is 0 Å². The number of rotatable bonds is 8. The van der Waals surface area contributed by atoms with Crippen LogP contribution in [-0.2, 0) is 22.5 Å². The van der Waals surface area contributed by atoms with Gasteiger partial charge in [-0.15, -0.1) is 24.0 Å². The van der Waals surface area contributed by atoms with Crippen molar-refractivity contribution < 1.29 is 18.6 Å². The molecule has 2 aliphatic rings. The van der Waals surface area contributed by atoms with Gasteiger partial charge in [-0.05, 0) is 48.8 Å². The van der Waals surface area contributed by atoms with Crippen molar-refractivity contribution >= 4 is 29.9 Å². The van der Waals surface area contributed by atoms with Gasteiger partial charge in [-0.3, -0.25) is 4.99 Å². The Hall–Kier alpha value is -1.13. The van der Waals surface area contributed by atoms with E-state index in [0.717, 1.165) is 42.4 Å². The van der Waals surface area contributed by atoms with Crippen molar-refractivity contribution in [1.82, 2.24) is 10.6 Å². The van der Waals surface area contributed by atoms with Crippen LogP contribution >= 0.6 is 24.0 Å². The predicted molar refractivity (Wildman–Crippen MR) is 123 cm³/mol. The summed E-state index contributed by atoms with van der Waals surface area (Å²) >= 11 is 0. The molecule has 164 valence electrons. The zero-order valence-electron chi connectivity index (χ0n) is 17.4. The number of halogens is 2. The van der Waals surface area contributed by atoms with Gasteiger partial charge < -0.3 is 24.8 Å². The summed E-state index contributed by atoms with van der Waals surface area (Å²) in [6, 6.07) is 3.02. The molecular formula is C21H33FIN3O3. The number of aliphatic imine (C=N–C) groups is 1. The van der Waals surface area contributed by atoms with Crippen molar-refractivity contribution in [2.75, 3.05) is 40.6 Å². The van der Waals surface area contributed by atoms with Crippen molar-refractivity contribution in [3.05, 3.63) is 29.1 Å². The molecule has 1 fully saturated rings. The fourth-order valence-electron chi connectivity index (χ4n) is 4.21. The molecule has 0 atom stereocenters. The van der Waals surface area contributed by atoms with E-state index in [1.807, 2.05) is 0 Å². The van der Waals surface area contributed by atoms with Gasteiger partial charge in [0.1, 0.15) is 11.6 Å². The van der Waals surface area contributed by atoms with Crippen LogP contribution in [0.1, 0.15) is 43.2 Å². The summed E-state index contributed by atoms with van der Waals surface area (Å²) < 4.78 is 30.0. The minimum atomic E-state index is -0.258. The number of benzene rings is 1. The number of ether oxygens (including phenoxy) is 3. The summed E-state index contributed by atoms with van der Waals surface area (Å²) in [5.74, 6) is 1.27. The first-order chi connectivity index (χ1) is 13.7. The first kappa shape index (κ1) is 24.1. The Labute approximate surface area is 190 Å². The number of fused-ring (bicyclic) bond motifs is 1. The lowest BCUT2D eigenvalue weighted by atomic mass is 9.83. The summed E-state index contributed by atoms with van der Waals surface area (Å²) in [4.78, 5) is 4.33. The molecule has 0 spiro atoms. The number of methoxy groups -OCH3 is 1. The maximum atomic E-state index is 13.9. The Bertz CT molecular complexity index is 681. The Morgan fingerprint density at radius 2 is 2.07 bits per heavy atom. The van der Waals surface area contributed by atoms with Crippen LogP contribution in [-0.4, -0.2) is 46.6 Å². The minimum absolute atomic E-state index is 0. The predicted octanol–water partition coefficient (Wildman–Crippen LogP) is 3.61. The average molecular weight is 521 g/mol. The van der Waals surface area contributed by atoms with Crippen LogP contribution in [0.4, 0.5) is 4.39 Å². The summed E-state index contributed by atoms with van der Waals surface area (Å²) in [6.45, 7) is 2.94. The molecule has 1 saturated carbocycles. The monoisotopic (exact) mass is 521 g/mol. The summed E-state index contributed by atoms with van der Waals surface area (Å²) in [6.07, 6.45) is 6.75. The van der Waals surface area contributed by atoms with Crippen molar-refractivity contribution in [2.24, 2.45) is 10.4 Å². The highest BCUT2D eigenvalue weighted by Crippen LogP contribution is 2.40. The molecule has 3 rings (SSSR count). The molecule has 29 heavy (non-hydrogen) atoms. The first-order valence-corrected chi connectivity index (χ1v) is 10.1. The normalized spacial score (nSPS) is 17.8. The lowest BCUT2D eigenvalue weighted by molar-refractivity contribution is -0.0172. The second kappa shape index (κ2) is 11.9. The van der Waals surface area contributed by atoms with E-state index in [9.17, 15) is 4.39 Å². The van der Waals surface area contributed by atoms with Gasteiger partial charge in [0.25, 0.3) is 0 Å². The molecule has 1 aromatic carbocycles. The quantitative estimate of drug-likeness (QED) is 0.311. The van der Waals surface area contributed by atoms with E-state index in [1.54, 1.807) is 20.2 Å². The highest BCUT2D eigenvalue weighted by Gasteiger charge is 2.33. The molecule has 1 heterocycles. The molecule has 0 aromatic heterocycles. The molecule has 0 amide bonds. The highest BCUT2D eigenvalue weighted by atomic mass is 127. The van der Waals surface area contributed by atoms with Crippen LogP contribution in [0.15, 0.2) is 17.1 Å². The Kier molecular flexibility index (Phi) is 9.91. The van der Waals surface area contributed by atoms with Gasteiger partial charge in [-0.2, -0.15) is 0 Å². The Morgan fingerprint density at radius 3 is 2.79 bits per heavy atom. The van der Waals surface area contributed by atoms with E-state index < -0.39 is 0 Å². The van der Waals surface area contributed by atoms with E-state index in [1.165, 1.54) is 31.7 Å². The van der Waals surface area contributed by atoms with Crippen molar-refractivity contribution in [3.8, 4) is 5.75 Å². The zero-order chi connectivity index (χ0) is 19.8. The van der Waals surface area contributed by atoms with Gasteiger partial charge in [0.05, 0.1) is 6.61 Å². The zero-order valence-corrected chi connectivity index (χ0v) is 19.7. The Morgan fingerprint density at radius 1 is 1.28 bits per heavy atom. The topological polar surface area (TPSA) is 64.1 Å². The fourth-order valence-corrected chi connectivity index (χ4v) is 4.21. The van der Waals surface area contributed by atoms with Crippen LogP contribution in [0.25, 0.3) is 0 Å². The summed E-state index contributed by atoms with van der Waals surface area (Å²) in [5, 5.41) is 6.82. The molecule has 6 nitrogen and oxygen atoms in total. The van der Waals surface area contributed by atoms with Crippen molar-refractivity contribution in [1.29, 1.82) is 0 Å². The van der Waals surface area contributed by atoms with Gasteiger partial charge >= 0.3 is 0 Å². The molecule has 2 N–H and O–H groups in total. The minimum Gasteiger partial charge on any atom is -0.467 e. The van der Waals surface area contributed by atoms with Crippen LogP contribution < -0.4 is 15.4 Å². The van der Waals surface area contributed by atoms with Crippen LogP contribution in [0, 0.1) is 11.2 Å². The van der Waals surface area contributed by atoms with E-state index in [0.29, 0.717) is 25.0 Å². The maximum Gasteiger partial charge on any atom is 0.191 e. The second-order valence-corrected chi connectivity index (χ2v) is 7.72. The lowest BCUT2D eigenvalue weighted by Gasteiger charge is -2.30. The molecule has 0 saturated heterocycles. The standard InChI is InChI=1S/C21H32FN3O3.HI/c1-23-20(25-14-21(8-10-26-2)6-3-4-7-21)24-9-5-16-11-18(22)12-17-13-27-15-28-19(16)17;/h11-12H,3-10,13-15H2,1-2H3,(H2,23,24,25);1H. The molecule has 8 heteroatoms. The van der Waals surface area contributed by atoms with Gasteiger partial charge in [-0.1, -0.05) is 12.8 Å². The van der Waals surface area contributed by atoms with Gasteiger partial charge in [-0.25, -0.2) is 4.39 Å². The molecule has 0 bridgehead atoms. The van der Waals surface area contributed by atoms with E-state index in [4.69, 9.17) is 14.2 Å². The largest absolute Gasteiger partial charge is 0.467 e. The SMILES string of the molecule is CN=C(NCCc1cc(F)cc2c1OCOC2)NCC1(CCOC)CCCC1.I. The van der Waals surface area contributed by atoms with Crippen molar-refractivity contribution in [2.45, 2.75) is 45.1 Å². The summed E-state index contributed by atoms with van der Waals surface area (Å²) in [7, 11) is 3.54. The third-order valence-electron chi connectivity index (χ3n) is 5.79.